The molecule has 8 heavy (non-hydrogen) atoms. The van der Waals surface area contributed by atoms with E-state index in [1.165, 1.54) is 0 Å². The van der Waals surface area contributed by atoms with Gasteiger partial charge in [0.15, 0.2) is 5.78 Å². The monoisotopic (exact) mass is 111 g/mol. The lowest BCUT2D eigenvalue weighted by Gasteiger charge is -2.02. The molecule has 2 heteroatoms. The fourth-order valence-corrected chi connectivity index (χ4v) is 0.764. The summed E-state index contributed by atoms with van der Waals surface area (Å²) in [6.45, 7) is 1.99. The summed E-state index contributed by atoms with van der Waals surface area (Å²) in [5.74, 6) is 0.201. The van der Waals surface area contributed by atoms with Crippen molar-refractivity contribution >= 4 is 5.78 Å². The molecule has 0 aromatic carbocycles. The van der Waals surface area contributed by atoms with Crippen LogP contribution in [0.25, 0.3) is 0 Å². The Morgan fingerprint density at radius 3 is 2.88 bits per heavy atom. The van der Waals surface area contributed by atoms with E-state index in [4.69, 9.17) is 0 Å². The quantitative estimate of drug-likeness (QED) is 0.532. The van der Waals surface area contributed by atoms with Crippen LogP contribution in [0.5, 0.6) is 0 Å². The van der Waals surface area contributed by atoms with Gasteiger partial charge in [0, 0.05) is 6.20 Å². The Morgan fingerprint density at radius 2 is 2.62 bits per heavy atom. The third-order valence-corrected chi connectivity index (χ3v) is 1.30. The first-order valence-corrected chi connectivity index (χ1v) is 2.81. The number of carbonyl (C=O) groups excluding carboxylic acids is 1. The predicted octanol–water partition coefficient (Wildman–Crippen LogP) is 0.451. The van der Waals surface area contributed by atoms with Gasteiger partial charge in [0.1, 0.15) is 0 Å². The van der Waals surface area contributed by atoms with Gasteiger partial charge in [-0.05, 0) is 12.5 Å². The number of nitrogens with one attached hydrogen (secondary N) is 1. The van der Waals surface area contributed by atoms with Gasteiger partial charge in [-0.1, -0.05) is 6.92 Å². The topological polar surface area (TPSA) is 29.1 Å². The molecule has 0 fully saturated rings. The average Bonchev–Trinajstić information content (AvgIpc) is 2.14. The normalized spacial score (nSPS) is 26.1. The summed E-state index contributed by atoms with van der Waals surface area (Å²) in [4.78, 5) is 10.7. The van der Waals surface area contributed by atoms with Gasteiger partial charge in [0.2, 0.25) is 0 Å². The maximum atomic E-state index is 10.7. The van der Waals surface area contributed by atoms with Crippen molar-refractivity contribution in [2.24, 2.45) is 0 Å². The molecule has 0 aliphatic carbocycles. The molecule has 0 aromatic heterocycles. The van der Waals surface area contributed by atoms with Crippen molar-refractivity contribution in [3.05, 3.63) is 12.3 Å². The molecular weight excluding hydrogens is 102 g/mol. The highest BCUT2D eigenvalue weighted by Gasteiger charge is 2.14. The Balaban J connectivity index is 2.51. The van der Waals surface area contributed by atoms with Crippen LogP contribution in [0.1, 0.15) is 13.3 Å². The maximum Gasteiger partial charge on any atom is 0.179 e. The van der Waals surface area contributed by atoms with E-state index in [1.807, 2.05) is 6.92 Å². The van der Waals surface area contributed by atoms with Crippen molar-refractivity contribution in [2.45, 2.75) is 19.4 Å². The van der Waals surface area contributed by atoms with Gasteiger partial charge in [-0.15, -0.1) is 0 Å². The molecule has 1 heterocycles. The van der Waals surface area contributed by atoms with Crippen LogP contribution in [-0.2, 0) is 4.79 Å². The molecule has 1 aliphatic rings. The van der Waals surface area contributed by atoms with Crippen LogP contribution in [0.3, 0.4) is 0 Å². The van der Waals surface area contributed by atoms with Crippen molar-refractivity contribution in [2.75, 3.05) is 0 Å². The second kappa shape index (κ2) is 1.99. The standard InChI is InChI=1S/C6H9NO/c1-2-5-6(8)3-4-7-5/h3-5,7H,2H2,1H3. The minimum Gasteiger partial charge on any atom is -0.381 e. The SMILES string of the molecule is CCC1NC=CC1=O. The molecule has 0 spiro atoms. The fraction of sp³-hybridized carbons (Fsp3) is 0.500. The summed E-state index contributed by atoms with van der Waals surface area (Å²) in [6, 6.07) is 0.0648. The molecule has 1 N–H and O–H groups in total. The van der Waals surface area contributed by atoms with E-state index in [-0.39, 0.29) is 11.8 Å². The fourth-order valence-electron chi connectivity index (χ4n) is 0.764. The lowest BCUT2D eigenvalue weighted by atomic mass is 10.2. The highest BCUT2D eigenvalue weighted by Crippen LogP contribution is 1.99. The zero-order valence-electron chi connectivity index (χ0n) is 4.85. The smallest absolute Gasteiger partial charge is 0.179 e. The minimum atomic E-state index is 0.0648. The largest absolute Gasteiger partial charge is 0.381 e. The van der Waals surface area contributed by atoms with E-state index in [0.717, 1.165) is 6.42 Å². The Bertz CT molecular complexity index is 128. The predicted molar refractivity (Wildman–Crippen MR) is 31.4 cm³/mol. The third kappa shape index (κ3) is 0.735. The lowest BCUT2D eigenvalue weighted by Crippen LogP contribution is -2.25. The second-order valence-corrected chi connectivity index (χ2v) is 1.86. The highest BCUT2D eigenvalue weighted by molar-refractivity contribution is 5.96. The Hall–Kier alpha value is -0.790. The van der Waals surface area contributed by atoms with Gasteiger partial charge in [-0.2, -0.15) is 0 Å². The van der Waals surface area contributed by atoms with Crippen molar-refractivity contribution in [3.8, 4) is 0 Å². The number of carbonyl (C=O) groups is 1. The van der Waals surface area contributed by atoms with Crippen LogP contribution in [0.15, 0.2) is 12.3 Å². The molecule has 1 unspecified atom stereocenters. The van der Waals surface area contributed by atoms with Crippen LogP contribution in [-0.4, -0.2) is 11.8 Å². The van der Waals surface area contributed by atoms with Gasteiger partial charge >= 0.3 is 0 Å². The molecule has 0 radical (unpaired) electrons. The zero-order chi connectivity index (χ0) is 5.98. The molecule has 0 saturated carbocycles. The summed E-state index contributed by atoms with van der Waals surface area (Å²) in [6.07, 6.45) is 4.16. The first kappa shape index (κ1) is 5.35. The first-order valence-electron chi connectivity index (χ1n) is 2.81. The molecule has 0 aromatic rings. The first-order chi connectivity index (χ1) is 3.84. The van der Waals surface area contributed by atoms with Crippen molar-refractivity contribution in [1.29, 1.82) is 0 Å². The third-order valence-electron chi connectivity index (χ3n) is 1.30. The summed E-state index contributed by atoms with van der Waals surface area (Å²) in [7, 11) is 0. The van der Waals surface area contributed by atoms with Gasteiger partial charge in [0.25, 0.3) is 0 Å². The Morgan fingerprint density at radius 1 is 1.88 bits per heavy atom. The zero-order valence-corrected chi connectivity index (χ0v) is 4.85. The maximum absolute atomic E-state index is 10.7. The molecule has 1 atom stereocenters. The van der Waals surface area contributed by atoms with E-state index in [1.54, 1.807) is 12.3 Å². The van der Waals surface area contributed by atoms with Crippen LogP contribution >= 0.6 is 0 Å². The number of ketones is 1. The van der Waals surface area contributed by atoms with E-state index in [2.05, 4.69) is 5.32 Å². The molecule has 0 amide bonds. The number of rotatable bonds is 1. The van der Waals surface area contributed by atoms with E-state index in [9.17, 15) is 4.79 Å². The summed E-state index contributed by atoms with van der Waals surface area (Å²) >= 11 is 0. The number of hydrogen-bond donors (Lipinski definition) is 1. The minimum absolute atomic E-state index is 0.0648. The van der Waals surface area contributed by atoms with Crippen LogP contribution in [0.2, 0.25) is 0 Å². The van der Waals surface area contributed by atoms with E-state index >= 15 is 0 Å². The van der Waals surface area contributed by atoms with Crippen LogP contribution in [0.4, 0.5) is 0 Å². The van der Waals surface area contributed by atoms with Gasteiger partial charge < -0.3 is 5.32 Å². The Kier molecular flexibility index (Phi) is 1.33. The molecule has 0 bridgehead atoms. The van der Waals surface area contributed by atoms with Crippen LogP contribution < -0.4 is 5.32 Å². The van der Waals surface area contributed by atoms with Crippen molar-refractivity contribution in [1.82, 2.24) is 5.32 Å². The summed E-state index contributed by atoms with van der Waals surface area (Å²) < 4.78 is 0. The molecular formula is C6H9NO. The van der Waals surface area contributed by atoms with Crippen LogP contribution in [0, 0.1) is 0 Å². The summed E-state index contributed by atoms with van der Waals surface area (Å²) in [5.41, 5.74) is 0. The highest BCUT2D eigenvalue weighted by atomic mass is 16.1. The average molecular weight is 111 g/mol. The second-order valence-electron chi connectivity index (χ2n) is 1.86. The van der Waals surface area contributed by atoms with Gasteiger partial charge in [-0.3, -0.25) is 4.79 Å². The van der Waals surface area contributed by atoms with Gasteiger partial charge in [-0.25, -0.2) is 0 Å². The molecule has 1 aliphatic heterocycles. The lowest BCUT2D eigenvalue weighted by molar-refractivity contribution is -0.115. The van der Waals surface area contributed by atoms with Crippen molar-refractivity contribution < 1.29 is 4.79 Å². The number of hydrogen-bond acceptors (Lipinski definition) is 2. The molecule has 2 nitrogen and oxygen atoms in total. The van der Waals surface area contributed by atoms with E-state index < -0.39 is 0 Å². The Labute approximate surface area is 48.6 Å². The van der Waals surface area contributed by atoms with E-state index in [0.29, 0.717) is 0 Å². The molecule has 1 rings (SSSR count). The van der Waals surface area contributed by atoms with Gasteiger partial charge in [0.05, 0.1) is 6.04 Å². The van der Waals surface area contributed by atoms with Crippen molar-refractivity contribution in [3.63, 3.8) is 0 Å². The summed E-state index contributed by atoms with van der Waals surface area (Å²) in [5, 5.41) is 2.93. The molecule has 44 valence electrons. The molecule has 0 saturated heterocycles.